The molecule has 3 aromatic rings. The molecule has 4 heterocycles. The van der Waals surface area contributed by atoms with Gasteiger partial charge in [0, 0.05) is 31.7 Å². The number of urea groups is 1. The standard InChI is InChI=1S/C15H15ClN8O/c16-11-6-19-23(8-11)13-2-5-22(10-13)15(25)21-12-7-20-24(9-12)14-17-3-1-4-18-14/h1,3-4,6-9,13H,2,5,10H2,(H,21,25). The van der Waals surface area contributed by atoms with Crippen LogP contribution in [0.1, 0.15) is 12.5 Å². The first-order valence-electron chi connectivity index (χ1n) is 7.77. The van der Waals surface area contributed by atoms with Gasteiger partial charge in [-0.15, -0.1) is 0 Å². The number of rotatable bonds is 3. The number of carbonyl (C=O) groups excluding carboxylic acids is 1. The fraction of sp³-hybridized carbons (Fsp3) is 0.267. The molecule has 128 valence electrons. The van der Waals surface area contributed by atoms with Gasteiger partial charge < -0.3 is 10.2 Å². The van der Waals surface area contributed by atoms with Gasteiger partial charge in [-0.2, -0.15) is 10.2 Å². The van der Waals surface area contributed by atoms with E-state index in [0.29, 0.717) is 29.7 Å². The van der Waals surface area contributed by atoms with Crippen LogP contribution in [0.2, 0.25) is 5.02 Å². The van der Waals surface area contributed by atoms with Crippen LogP contribution in [0.4, 0.5) is 10.5 Å². The number of nitrogens with one attached hydrogen (secondary N) is 1. The summed E-state index contributed by atoms with van der Waals surface area (Å²) in [5.41, 5.74) is 0.586. The fourth-order valence-corrected chi connectivity index (χ4v) is 2.91. The Hall–Kier alpha value is -2.94. The van der Waals surface area contributed by atoms with Gasteiger partial charge in [-0.1, -0.05) is 11.6 Å². The molecule has 1 saturated heterocycles. The van der Waals surface area contributed by atoms with Gasteiger partial charge in [0.1, 0.15) is 0 Å². The van der Waals surface area contributed by atoms with E-state index in [4.69, 9.17) is 11.6 Å². The summed E-state index contributed by atoms with van der Waals surface area (Å²) >= 11 is 5.90. The minimum absolute atomic E-state index is 0.138. The van der Waals surface area contributed by atoms with Crippen molar-refractivity contribution in [2.75, 3.05) is 18.4 Å². The molecule has 1 unspecified atom stereocenters. The Kier molecular flexibility index (Phi) is 4.06. The second kappa shape index (κ2) is 6.52. The third kappa shape index (κ3) is 3.31. The molecule has 0 aliphatic carbocycles. The Morgan fingerprint density at radius 1 is 1.20 bits per heavy atom. The molecule has 0 saturated carbocycles. The van der Waals surface area contributed by atoms with E-state index in [9.17, 15) is 4.79 Å². The highest BCUT2D eigenvalue weighted by Gasteiger charge is 2.28. The summed E-state index contributed by atoms with van der Waals surface area (Å²) in [6.45, 7) is 1.24. The zero-order valence-corrected chi connectivity index (χ0v) is 13.9. The highest BCUT2D eigenvalue weighted by Crippen LogP contribution is 2.23. The first kappa shape index (κ1) is 15.6. The lowest BCUT2D eigenvalue weighted by Gasteiger charge is -2.16. The zero-order valence-electron chi connectivity index (χ0n) is 13.2. The van der Waals surface area contributed by atoms with Crippen molar-refractivity contribution >= 4 is 23.3 Å². The van der Waals surface area contributed by atoms with Gasteiger partial charge in [-0.3, -0.25) is 4.68 Å². The minimum atomic E-state index is -0.172. The highest BCUT2D eigenvalue weighted by atomic mass is 35.5. The number of amides is 2. The summed E-state index contributed by atoms with van der Waals surface area (Å²) < 4.78 is 3.31. The van der Waals surface area contributed by atoms with Crippen LogP contribution in [-0.2, 0) is 0 Å². The summed E-state index contributed by atoms with van der Waals surface area (Å²) in [5.74, 6) is 0.444. The third-order valence-corrected chi connectivity index (χ3v) is 4.18. The van der Waals surface area contributed by atoms with Crippen LogP contribution in [0.25, 0.3) is 5.95 Å². The number of nitrogens with zero attached hydrogens (tertiary/aromatic N) is 7. The quantitative estimate of drug-likeness (QED) is 0.772. The number of likely N-dealkylation sites (tertiary alicyclic amines) is 1. The monoisotopic (exact) mass is 358 g/mol. The van der Waals surface area contributed by atoms with E-state index in [1.165, 1.54) is 4.68 Å². The highest BCUT2D eigenvalue weighted by molar-refractivity contribution is 6.30. The van der Waals surface area contributed by atoms with Crippen molar-refractivity contribution in [3.05, 3.63) is 48.3 Å². The largest absolute Gasteiger partial charge is 0.322 e. The maximum absolute atomic E-state index is 12.4. The lowest BCUT2D eigenvalue weighted by molar-refractivity contribution is 0.220. The minimum Gasteiger partial charge on any atom is -0.322 e. The van der Waals surface area contributed by atoms with E-state index in [1.807, 2.05) is 0 Å². The molecular weight excluding hydrogens is 344 g/mol. The van der Waals surface area contributed by atoms with Crippen molar-refractivity contribution in [3.8, 4) is 5.95 Å². The molecule has 25 heavy (non-hydrogen) atoms. The summed E-state index contributed by atoms with van der Waals surface area (Å²) in [6.07, 6.45) is 10.7. The summed E-state index contributed by atoms with van der Waals surface area (Å²) in [4.78, 5) is 22.4. The molecule has 0 aromatic carbocycles. The van der Waals surface area contributed by atoms with E-state index >= 15 is 0 Å². The number of hydrogen-bond acceptors (Lipinski definition) is 5. The molecule has 1 fully saturated rings. The van der Waals surface area contributed by atoms with Crippen molar-refractivity contribution in [2.24, 2.45) is 0 Å². The van der Waals surface area contributed by atoms with Crippen LogP contribution in [0.3, 0.4) is 0 Å². The normalized spacial score (nSPS) is 17.0. The first-order chi connectivity index (χ1) is 12.2. The molecule has 3 aromatic heterocycles. The first-order valence-corrected chi connectivity index (χ1v) is 8.14. The van der Waals surface area contributed by atoms with E-state index in [-0.39, 0.29) is 12.1 Å². The predicted octanol–water partition coefficient (Wildman–Crippen LogP) is 1.99. The molecule has 1 aliphatic heterocycles. The number of aromatic nitrogens is 6. The SMILES string of the molecule is O=C(Nc1cnn(-c2ncccn2)c1)N1CCC(n2cc(Cl)cn2)C1. The van der Waals surface area contributed by atoms with Crippen LogP contribution in [0.15, 0.2) is 43.2 Å². The molecule has 1 atom stereocenters. The van der Waals surface area contributed by atoms with Crippen LogP contribution >= 0.6 is 11.6 Å². The predicted molar refractivity (Wildman–Crippen MR) is 90.6 cm³/mol. The van der Waals surface area contributed by atoms with Crippen LogP contribution < -0.4 is 5.32 Å². The number of anilines is 1. The van der Waals surface area contributed by atoms with E-state index in [0.717, 1.165) is 6.42 Å². The Bertz CT molecular complexity index is 877. The molecule has 4 rings (SSSR count). The van der Waals surface area contributed by atoms with Gasteiger partial charge in [0.15, 0.2) is 0 Å². The molecule has 0 radical (unpaired) electrons. The molecule has 2 amide bonds. The van der Waals surface area contributed by atoms with Gasteiger partial charge in [-0.25, -0.2) is 19.4 Å². The lowest BCUT2D eigenvalue weighted by atomic mass is 10.3. The molecular formula is C15H15ClN8O. The molecule has 1 aliphatic rings. The maximum atomic E-state index is 12.4. The van der Waals surface area contributed by atoms with Crippen molar-refractivity contribution < 1.29 is 4.79 Å². The second-order valence-electron chi connectivity index (χ2n) is 5.68. The molecule has 9 nitrogen and oxygen atoms in total. The van der Waals surface area contributed by atoms with Crippen LogP contribution in [0.5, 0.6) is 0 Å². The number of halogens is 1. The fourth-order valence-electron chi connectivity index (χ4n) is 2.77. The summed E-state index contributed by atoms with van der Waals surface area (Å²) in [5, 5.41) is 11.8. The number of carbonyl (C=O) groups is 1. The molecule has 10 heteroatoms. The van der Waals surface area contributed by atoms with Crippen molar-refractivity contribution in [1.82, 2.24) is 34.4 Å². The topological polar surface area (TPSA) is 93.8 Å². The van der Waals surface area contributed by atoms with Crippen LogP contribution in [0, 0.1) is 0 Å². The van der Waals surface area contributed by atoms with Gasteiger partial charge >= 0.3 is 6.03 Å². The van der Waals surface area contributed by atoms with Gasteiger partial charge in [0.2, 0.25) is 5.95 Å². The average Bonchev–Trinajstić information content (AvgIpc) is 3.35. The Labute approximate surface area is 148 Å². The van der Waals surface area contributed by atoms with E-state index < -0.39 is 0 Å². The molecule has 0 bridgehead atoms. The Balaban J connectivity index is 1.39. The third-order valence-electron chi connectivity index (χ3n) is 3.99. The number of hydrogen-bond donors (Lipinski definition) is 1. The van der Waals surface area contributed by atoms with Gasteiger partial charge in [0.05, 0.1) is 35.3 Å². The van der Waals surface area contributed by atoms with E-state index in [2.05, 4.69) is 25.5 Å². The van der Waals surface area contributed by atoms with E-state index in [1.54, 1.807) is 52.8 Å². The van der Waals surface area contributed by atoms with Gasteiger partial charge in [0.25, 0.3) is 0 Å². The van der Waals surface area contributed by atoms with Crippen molar-refractivity contribution in [1.29, 1.82) is 0 Å². The molecule has 1 N–H and O–H groups in total. The Morgan fingerprint density at radius 2 is 2.04 bits per heavy atom. The summed E-state index contributed by atoms with van der Waals surface area (Å²) in [6, 6.07) is 1.69. The average molecular weight is 359 g/mol. The zero-order chi connectivity index (χ0) is 17.2. The Morgan fingerprint density at radius 3 is 2.80 bits per heavy atom. The van der Waals surface area contributed by atoms with Crippen molar-refractivity contribution in [3.63, 3.8) is 0 Å². The smallest absolute Gasteiger partial charge is 0.322 e. The molecule has 0 spiro atoms. The van der Waals surface area contributed by atoms with Crippen molar-refractivity contribution in [2.45, 2.75) is 12.5 Å². The van der Waals surface area contributed by atoms with Crippen LogP contribution in [-0.4, -0.2) is 53.5 Å². The van der Waals surface area contributed by atoms with Gasteiger partial charge in [-0.05, 0) is 12.5 Å². The summed E-state index contributed by atoms with van der Waals surface area (Å²) in [7, 11) is 0. The maximum Gasteiger partial charge on any atom is 0.322 e. The second-order valence-corrected chi connectivity index (χ2v) is 6.12. The lowest BCUT2D eigenvalue weighted by Crippen LogP contribution is -2.33.